The maximum Gasteiger partial charge on any atom is 0.0443 e. The Bertz CT molecular complexity index is 669. The molecule has 0 radical (unpaired) electrons. The molecule has 1 aliphatic heterocycles. The lowest BCUT2D eigenvalue weighted by Gasteiger charge is -2.31. The minimum absolute atomic E-state index is 0.419. The molecule has 1 heterocycles. The van der Waals surface area contributed by atoms with Crippen molar-refractivity contribution in [3.05, 3.63) is 47.5 Å². The summed E-state index contributed by atoms with van der Waals surface area (Å²) in [6, 6.07) is 13.7. The Labute approximate surface area is 152 Å². The monoisotopic (exact) mass is 337 g/mol. The zero-order chi connectivity index (χ0) is 18.0. The van der Waals surface area contributed by atoms with Crippen molar-refractivity contribution in [3.63, 3.8) is 0 Å². The molecule has 0 saturated heterocycles. The summed E-state index contributed by atoms with van der Waals surface area (Å²) in [5, 5.41) is 3.70. The van der Waals surface area contributed by atoms with E-state index in [-0.39, 0.29) is 0 Å². The number of fused-ring (bicyclic) bond motifs is 2. The Balaban J connectivity index is 1.98. The molecule has 0 saturated carbocycles. The molecule has 0 bridgehead atoms. The van der Waals surface area contributed by atoms with E-state index in [1.165, 1.54) is 33.9 Å². The number of rotatable bonds is 6. The lowest BCUT2D eigenvalue weighted by molar-refractivity contribution is 0.857. The fourth-order valence-electron chi connectivity index (χ4n) is 3.94. The largest absolute Gasteiger partial charge is 0.372 e. The lowest BCUT2D eigenvalue weighted by Crippen LogP contribution is -2.23. The average Bonchev–Trinajstić information content (AvgIpc) is 2.63. The van der Waals surface area contributed by atoms with Gasteiger partial charge in [0.15, 0.2) is 0 Å². The van der Waals surface area contributed by atoms with Crippen LogP contribution in [0.25, 0.3) is 0 Å². The third-order valence-electron chi connectivity index (χ3n) is 5.53. The van der Waals surface area contributed by atoms with Crippen molar-refractivity contribution in [2.45, 2.75) is 40.5 Å². The third-order valence-corrected chi connectivity index (χ3v) is 5.53. The fraction of sp³-hybridized carbons (Fsp3) is 0.455. The van der Waals surface area contributed by atoms with Crippen molar-refractivity contribution >= 4 is 22.7 Å². The van der Waals surface area contributed by atoms with Crippen molar-refractivity contribution in [1.82, 2.24) is 0 Å². The van der Waals surface area contributed by atoms with Crippen LogP contribution >= 0.6 is 0 Å². The Morgan fingerprint density at radius 3 is 1.48 bits per heavy atom. The van der Waals surface area contributed by atoms with Gasteiger partial charge in [-0.05, 0) is 63.1 Å². The number of anilines is 4. The van der Waals surface area contributed by atoms with Crippen molar-refractivity contribution in [1.29, 1.82) is 0 Å². The van der Waals surface area contributed by atoms with Crippen molar-refractivity contribution in [2.75, 3.05) is 41.3 Å². The van der Waals surface area contributed by atoms with Gasteiger partial charge in [0, 0.05) is 54.8 Å². The van der Waals surface area contributed by atoms with E-state index in [2.05, 4.69) is 86.1 Å². The van der Waals surface area contributed by atoms with E-state index in [1.807, 2.05) is 0 Å². The molecule has 3 nitrogen and oxygen atoms in total. The van der Waals surface area contributed by atoms with Crippen LogP contribution < -0.4 is 15.1 Å². The van der Waals surface area contributed by atoms with Crippen LogP contribution in [0, 0.1) is 0 Å². The summed E-state index contributed by atoms with van der Waals surface area (Å²) in [6.45, 7) is 15.3. The number of benzene rings is 2. The maximum atomic E-state index is 3.70. The molecule has 25 heavy (non-hydrogen) atoms. The van der Waals surface area contributed by atoms with Gasteiger partial charge in [-0.1, -0.05) is 19.1 Å². The van der Waals surface area contributed by atoms with E-state index in [1.54, 1.807) is 0 Å². The molecule has 134 valence electrons. The molecule has 3 rings (SSSR count). The van der Waals surface area contributed by atoms with E-state index in [4.69, 9.17) is 0 Å². The molecule has 0 amide bonds. The van der Waals surface area contributed by atoms with E-state index in [9.17, 15) is 0 Å². The van der Waals surface area contributed by atoms with E-state index < -0.39 is 0 Å². The predicted molar refractivity (Wildman–Crippen MR) is 111 cm³/mol. The minimum atomic E-state index is 0.419. The van der Waals surface area contributed by atoms with Crippen molar-refractivity contribution < 1.29 is 0 Å². The first-order valence-electron chi connectivity index (χ1n) is 9.67. The highest BCUT2D eigenvalue weighted by Gasteiger charge is 2.23. The Hall–Kier alpha value is -2.16. The van der Waals surface area contributed by atoms with Crippen LogP contribution in [-0.4, -0.2) is 26.2 Å². The molecule has 2 aromatic carbocycles. The van der Waals surface area contributed by atoms with Crippen LogP contribution in [0.2, 0.25) is 0 Å². The summed E-state index contributed by atoms with van der Waals surface area (Å²) >= 11 is 0. The van der Waals surface area contributed by atoms with E-state index in [0.717, 1.165) is 26.2 Å². The molecule has 1 aliphatic rings. The predicted octanol–water partition coefficient (Wildman–Crippen LogP) is 5.59. The highest BCUT2D eigenvalue weighted by atomic mass is 15.1. The van der Waals surface area contributed by atoms with Gasteiger partial charge in [0.25, 0.3) is 0 Å². The first-order valence-corrected chi connectivity index (χ1v) is 9.67. The molecular weight excluding hydrogens is 306 g/mol. The van der Waals surface area contributed by atoms with Crippen LogP contribution in [0.4, 0.5) is 22.7 Å². The zero-order valence-corrected chi connectivity index (χ0v) is 16.3. The highest BCUT2D eigenvalue weighted by molar-refractivity contribution is 5.78. The Morgan fingerprint density at radius 1 is 0.720 bits per heavy atom. The fourth-order valence-corrected chi connectivity index (χ4v) is 3.94. The van der Waals surface area contributed by atoms with Gasteiger partial charge in [0.1, 0.15) is 0 Å². The van der Waals surface area contributed by atoms with Gasteiger partial charge in [-0.15, -0.1) is 0 Å². The molecule has 0 atom stereocenters. The smallest absolute Gasteiger partial charge is 0.0443 e. The van der Waals surface area contributed by atoms with Crippen LogP contribution in [0.15, 0.2) is 36.4 Å². The third kappa shape index (κ3) is 3.20. The molecule has 1 N–H and O–H groups in total. The van der Waals surface area contributed by atoms with Crippen LogP contribution in [0.1, 0.15) is 51.7 Å². The second kappa shape index (κ2) is 7.38. The molecule has 2 aromatic rings. The first-order chi connectivity index (χ1) is 12.1. The summed E-state index contributed by atoms with van der Waals surface area (Å²) in [4.78, 5) is 4.79. The maximum absolute atomic E-state index is 3.70. The van der Waals surface area contributed by atoms with Crippen LogP contribution in [-0.2, 0) is 0 Å². The Kier molecular flexibility index (Phi) is 5.22. The second-order valence-electron chi connectivity index (χ2n) is 6.73. The summed E-state index contributed by atoms with van der Waals surface area (Å²) in [5.41, 5.74) is 7.87. The number of nitrogens with one attached hydrogen (secondary N) is 1. The van der Waals surface area contributed by atoms with Gasteiger partial charge >= 0.3 is 0 Å². The SMILES string of the molecule is CCN(CC)c1ccc2c(c1)Nc1cc(N(CC)CC)ccc1C2C. The van der Waals surface area contributed by atoms with Gasteiger partial charge in [-0.25, -0.2) is 0 Å². The van der Waals surface area contributed by atoms with Crippen molar-refractivity contribution in [3.8, 4) is 0 Å². The first kappa shape index (κ1) is 17.7. The summed E-state index contributed by atoms with van der Waals surface area (Å²) in [7, 11) is 0. The number of hydrogen-bond donors (Lipinski definition) is 1. The minimum Gasteiger partial charge on any atom is -0.372 e. The standard InChI is InChI=1S/C22H31N3/c1-6-24(7-2)17-10-12-19-16(5)20-13-11-18(25(8-3)9-4)15-22(20)23-21(19)14-17/h10-16,23H,6-9H2,1-5H3. The van der Waals surface area contributed by atoms with E-state index >= 15 is 0 Å². The normalized spacial score (nSPS) is 13.0. The second-order valence-corrected chi connectivity index (χ2v) is 6.73. The molecule has 0 spiro atoms. The molecule has 0 fully saturated rings. The van der Waals surface area contributed by atoms with Crippen molar-refractivity contribution in [2.24, 2.45) is 0 Å². The van der Waals surface area contributed by atoms with Gasteiger partial charge in [-0.3, -0.25) is 0 Å². The quantitative estimate of drug-likeness (QED) is 0.741. The molecule has 0 aromatic heterocycles. The van der Waals surface area contributed by atoms with Crippen LogP contribution in [0.5, 0.6) is 0 Å². The van der Waals surface area contributed by atoms with Gasteiger partial charge < -0.3 is 15.1 Å². The molecule has 0 aliphatic carbocycles. The molecular formula is C22H31N3. The van der Waals surface area contributed by atoms with E-state index in [0.29, 0.717) is 5.92 Å². The number of hydrogen-bond acceptors (Lipinski definition) is 3. The van der Waals surface area contributed by atoms with Crippen LogP contribution in [0.3, 0.4) is 0 Å². The molecule has 0 unspecified atom stereocenters. The average molecular weight is 338 g/mol. The van der Waals surface area contributed by atoms with Gasteiger partial charge in [0.05, 0.1) is 0 Å². The van der Waals surface area contributed by atoms with Gasteiger partial charge in [-0.2, -0.15) is 0 Å². The zero-order valence-electron chi connectivity index (χ0n) is 16.3. The highest BCUT2D eigenvalue weighted by Crippen LogP contribution is 2.43. The van der Waals surface area contributed by atoms with Gasteiger partial charge in [0.2, 0.25) is 0 Å². The molecule has 3 heteroatoms. The summed E-state index contributed by atoms with van der Waals surface area (Å²) < 4.78 is 0. The number of nitrogens with zero attached hydrogens (tertiary/aromatic N) is 2. The summed E-state index contributed by atoms with van der Waals surface area (Å²) in [6.07, 6.45) is 0. The topological polar surface area (TPSA) is 18.5 Å². The summed E-state index contributed by atoms with van der Waals surface area (Å²) in [5.74, 6) is 0.419. The lowest BCUT2D eigenvalue weighted by atomic mass is 9.87. The Morgan fingerprint density at radius 2 is 1.12 bits per heavy atom.